The fourth-order valence-corrected chi connectivity index (χ4v) is 1.51. The summed E-state index contributed by atoms with van der Waals surface area (Å²) in [6.45, 7) is 8.01. The van der Waals surface area contributed by atoms with E-state index in [0.29, 0.717) is 6.54 Å². The van der Waals surface area contributed by atoms with E-state index < -0.39 is 0 Å². The Bertz CT molecular complexity index is 404. The third-order valence-electron chi connectivity index (χ3n) is 2.25. The van der Waals surface area contributed by atoms with Crippen molar-refractivity contribution in [3.05, 3.63) is 24.2 Å². The van der Waals surface area contributed by atoms with Gasteiger partial charge in [-0.2, -0.15) is 0 Å². The van der Waals surface area contributed by atoms with E-state index in [9.17, 15) is 9.59 Å². The number of carbonyl (C=O) groups is 2. The van der Waals surface area contributed by atoms with Crippen molar-refractivity contribution in [2.24, 2.45) is 0 Å². The number of hydrogen-bond acceptors (Lipinski definition) is 3. The molecule has 0 atom stereocenters. The van der Waals surface area contributed by atoms with Crippen molar-refractivity contribution >= 4 is 11.8 Å². The van der Waals surface area contributed by atoms with Crippen molar-refractivity contribution in [1.82, 2.24) is 10.2 Å². The predicted octanol–water partition coefficient (Wildman–Crippen LogP) is 1.66. The van der Waals surface area contributed by atoms with Crippen LogP contribution in [0, 0.1) is 0 Å². The molecule has 100 valence electrons. The number of nitrogens with one attached hydrogen (secondary N) is 1. The standard InChI is InChI=1S/C13H20N2O3/c1-5-15(9-11(16)14-13(2,3)4)12(17)10-7-6-8-18-10/h6-8H,5,9H2,1-4H3,(H,14,16). The van der Waals surface area contributed by atoms with Gasteiger partial charge in [0.25, 0.3) is 5.91 Å². The SMILES string of the molecule is CCN(CC(=O)NC(C)(C)C)C(=O)c1ccco1. The van der Waals surface area contributed by atoms with E-state index in [4.69, 9.17) is 4.42 Å². The summed E-state index contributed by atoms with van der Waals surface area (Å²) >= 11 is 0. The minimum absolute atomic E-state index is 0.0350. The maximum atomic E-state index is 12.0. The Morgan fingerprint density at radius 2 is 2.06 bits per heavy atom. The summed E-state index contributed by atoms with van der Waals surface area (Å²) in [5, 5.41) is 2.82. The van der Waals surface area contributed by atoms with Gasteiger partial charge in [-0.1, -0.05) is 0 Å². The second-order valence-corrected chi connectivity index (χ2v) is 5.09. The molecule has 0 aliphatic carbocycles. The first-order chi connectivity index (χ1) is 8.33. The van der Waals surface area contributed by atoms with Gasteiger partial charge in [0.15, 0.2) is 5.76 Å². The van der Waals surface area contributed by atoms with Crippen molar-refractivity contribution in [2.45, 2.75) is 33.2 Å². The average molecular weight is 252 g/mol. The molecule has 1 heterocycles. The molecular weight excluding hydrogens is 232 g/mol. The summed E-state index contributed by atoms with van der Waals surface area (Å²) in [6, 6.07) is 3.24. The molecule has 0 aliphatic rings. The van der Waals surface area contributed by atoms with Crippen molar-refractivity contribution in [2.75, 3.05) is 13.1 Å². The molecule has 0 saturated carbocycles. The van der Waals surface area contributed by atoms with E-state index in [1.807, 2.05) is 27.7 Å². The van der Waals surface area contributed by atoms with Gasteiger partial charge < -0.3 is 14.6 Å². The maximum absolute atomic E-state index is 12.0. The highest BCUT2D eigenvalue weighted by molar-refractivity contribution is 5.94. The van der Waals surface area contributed by atoms with E-state index in [2.05, 4.69) is 5.32 Å². The Balaban J connectivity index is 2.63. The number of carbonyl (C=O) groups excluding carboxylic acids is 2. The van der Waals surface area contributed by atoms with Crippen LogP contribution in [0.4, 0.5) is 0 Å². The zero-order chi connectivity index (χ0) is 13.8. The number of likely N-dealkylation sites (N-methyl/N-ethyl adjacent to an activating group) is 1. The molecule has 0 fully saturated rings. The number of rotatable bonds is 4. The van der Waals surface area contributed by atoms with Gasteiger partial charge in [-0.15, -0.1) is 0 Å². The molecule has 0 aromatic carbocycles. The minimum Gasteiger partial charge on any atom is -0.459 e. The van der Waals surface area contributed by atoms with Crippen molar-refractivity contribution in [1.29, 1.82) is 0 Å². The van der Waals surface area contributed by atoms with Gasteiger partial charge in [0.1, 0.15) is 0 Å². The van der Waals surface area contributed by atoms with Gasteiger partial charge in [-0.25, -0.2) is 0 Å². The van der Waals surface area contributed by atoms with E-state index in [0.717, 1.165) is 0 Å². The van der Waals surface area contributed by atoms with Crippen LogP contribution in [-0.2, 0) is 4.79 Å². The number of hydrogen-bond donors (Lipinski definition) is 1. The number of furan rings is 1. The lowest BCUT2D eigenvalue weighted by Crippen LogP contribution is -2.47. The van der Waals surface area contributed by atoms with Crippen LogP contribution < -0.4 is 5.32 Å². The lowest BCUT2D eigenvalue weighted by molar-refractivity contribution is -0.123. The summed E-state index contributed by atoms with van der Waals surface area (Å²) in [5.41, 5.74) is -0.301. The third kappa shape index (κ3) is 4.24. The van der Waals surface area contributed by atoms with E-state index in [-0.39, 0.29) is 29.7 Å². The smallest absolute Gasteiger partial charge is 0.290 e. The molecule has 1 N–H and O–H groups in total. The highest BCUT2D eigenvalue weighted by Crippen LogP contribution is 2.06. The highest BCUT2D eigenvalue weighted by atomic mass is 16.3. The first kappa shape index (κ1) is 14.3. The van der Waals surface area contributed by atoms with Gasteiger partial charge in [-0.05, 0) is 39.8 Å². The van der Waals surface area contributed by atoms with Crippen LogP contribution in [0.15, 0.2) is 22.8 Å². The molecule has 0 radical (unpaired) electrons. The first-order valence-corrected chi connectivity index (χ1v) is 5.97. The maximum Gasteiger partial charge on any atom is 0.290 e. The van der Waals surface area contributed by atoms with Crippen LogP contribution in [0.3, 0.4) is 0 Å². The Hall–Kier alpha value is -1.78. The van der Waals surface area contributed by atoms with Crippen LogP contribution in [-0.4, -0.2) is 35.3 Å². The second-order valence-electron chi connectivity index (χ2n) is 5.09. The molecule has 1 rings (SSSR count). The minimum atomic E-state index is -0.301. The zero-order valence-corrected chi connectivity index (χ0v) is 11.3. The molecule has 2 amide bonds. The largest absolute Gasteiger partial charge is 0.459 e. The Labute approximate surface area is 107 Å². The second kappa shape index (κ2) is 5.71. The third-order valence-corrected chi connectivity index (χ3v) is 2.25. The highest BCUT2D eigenvalue weighted by Gasteiger charge is 2.21. The van der Waals surface area contributed by atoms with Gasteiger partial charge in [0.2, 0.25) is 5.91 Å². The summed E-state index contributed by atoms with van der Waals surface area (Å²) in [7, 11) is 0. The Morgan fingerprint density at radius 3 is 2.50 bits per heavy atom. The number of amides is 2. The molecule has 0 unspecified atom stereocenters. The van der Waals surface area contributed by atoms with Crippen molar-refractivity contribution in [3.8, 4) is 0 Å². The summed E-state index contributed by atoms with van der Waals surface area (Å²) in [5.74, 6) is -0.198. The summed E-state index contributed by atoms with van der Waals surface area (Å²) in [4.78, 5) is 25.2. The van der Waals surface area contributed by atoms with Crippen LogP contribution in [0.5, 0.6) is 0 Å². The molecule has 0 aliphatic heterocycles. The predicted molar refractivity (Wildman–Crippen MR) is 68.2 cm³/mol. The summed E-state index contributed by atoms with van der Waals surface area (Å²) < 4.78 is 5.04. The fourth-order valence-electron chi connectivity index (χ4n) is 1.51. The Morgan fingerprint density at radius 1 is 1.39 bits per heavy atom. The molecule has 1 aromatic heterocycles. The van der Waals surface area contributed by atoms with Crippen LogP contribution in [0.1, 0.15) is 38.2 Å². The summed E-state index contributed by atoms with van der Waals surface area (Å²) in [6.07, 6.45) is 1.44. The topological polar surface area (TPSA) is 62.6 Å². The molecule has 0 saturated heterocycles. The normalized spacial score (nSPS) is 11.1. The molecule has 18 heavy (non-hydrogen) atoms. The van der Waals surface area contributed by atoms with Gasteiger partial charge >= 0.3 is 0 Å². The monoisotopic (exact) mass is 252 g/mol. The number of nitrogens with zero attached hydrogens (tertiary/aromatic N) is 1. The van der Waals surface area contributed by atoms with E-state index in [1.165, 1.54) is 11.2 Å². The Kier molecular flexibility index (Phi) is 4.53. The quantitative estimate of drug-likeness (QED) is 0.886. The average Bonchev–Trinajstić information content (AvgIpc) is 2.75. The molecule has 1 aromatic rings. The molecule has 0 spiro atoms. The lowest BCUT2D eigenvalue weighted by Gasteiger charge is -2.24. The van der Waals surface area contributed by atoms with Gasteiger partial charge in [0.05, 0.1) is 12.8 Å². The molecule has 0 bridgehead atoms. The van der Waals surface area contributed by atoms with Gasteiger partial charge in [0, 0.05) is 12.1 Å². The van der Waals surface area contributed by atoms with Crippen molar-refractivity contribution < 1.29 is 14.0 Å². The lowest BCUT2D eigenvalue weighted by atomic mass is 10.1. The van der Waals surface area contributed by atoms with E-state index in [1.54, 1.807) is 12.1 Å². The fraction of sp³-hybridized carbons (Fsp3) is 0.538. The molecule has 5 nitrogen and oxygen atoms in total. The van der Waals surface area contributed by atoms with Gasteiger partial charge in [-0.3, -0.25) is 9.59 Å². The molecular formula is C13H20N2O3. The van der Waals surface area contributed by atoms with Crippen LogP contribution >= 0.6 is 0 Å². The first-order valence-electron chi connectivity index (χ1n) is 5.97. The molecule has 5 heteroatoms. The van der Waals surface area contributed by atoms with Crippen molar-refractivity contribution in [3.63, 3.8) is 0 Å². The zero-order valence-electron chi connectivity index (χ0n) is 11.3. The van der Waals surface area contributed by atoms with Crippen LogP contribution in [0.25, 0.3) is 0 Å². The van der Waals surface area contributed by atoms with E-state index >= 15 is 0 Å². The van der Waals surface area contributed by atoms with Crippen LogP contribution in [0.2, 0.25) is 0 Å².